The maximum Gasteiger partial charge on any atom is 0.164 e. The second kappa shape index (κ2) is 8.35. The molecule has 1 saturated heterocycles. The average molecular weight is 419 g/mol. The fourth-order valence-corrected chi connectivity index (χ4v) is 5.49. The van der Waals surface area contributed by atoms with E-state index in [9.17, 15) is 0 Å². The first-order chi connectivity index (χ1) is 14.7. The Morgan fingerprint density at radius 2 is 1.93 bits per heavy atom. The van der Waals surface area contributed by atoms with Crippen LogP contribution >= 0.6 is 11.3 Å². The fraction of sp³-hybridized carbons (Fsp3) is 0.417. The van der Waals surface area contributed by atoms with Gasteiger partial charge in [-0.15, -0.1) is 21.5 Å². The van der Waals surface area contributed by atoms with Crippen LogP contribution in [-0.4, -0.2) is 39.8 Å². The Balaban J connectivity index is 1.57. The van der Waals surface area contributed by atoms with Gasteiger partial charge < -0.3 is 9.64 Å². The zero-order valence-corrected chi connectivity index (χ0v) is 18.3. The van der Waals surface area contributed by atoms with Crippen LogP contribution in [-0.2, 0) is 24.4 Å². The molecule has 0 bridgehead atoms. The average Bonchev–Trinajstić information content (AvgIpc) is 3.22. The summed E-state index contributed by atoms with van der Waals surface area (Å²) in [5.74, 6) is 9.43. The van der Waals surface area contributed by atoms with Gasteiger partial charge in [0, 0.05) is 11.5 Å². The number of aromatic nitrogens is 3. The molecule has 0 amide bonds. The van der Waals surface area contributed by atoms with Crippen LogP contribution < -0.4 is 0 Å². The second-order valence-electron chi connectivity index (χ2n) is 8.19. The standard InChI is InChI=1S/C24H26N4OS/c1-17-25-26-23-16-29-15-21-20(14-19-6-4-3-5-7-19)22(30-24(21)28(17)23)9-8-18-10-12-27(2)13-11-18/h3-7,18H,10-16H2,1-2H3. The van der Waals surface area contributed by atoms with E-state index in [2.05, 4.69) is 68.9 Å². The number of likely N-dealkylation sites (tertiary alicyclic amines) is 1. The third kappa shape index (κ3) is 3.81. The number of fused-ring (bicyclic) bond motifs is 3. The van der Waals surface area contributed by atoms with Crippen molar-refractivity contribution in [1.82, 2.24) is 19.7 Å². The molecular weight excluding hydrogens is 392 g/mol. The van der Waals surface area contributed by atoms with Gasteiger partial charge in [-0.25, -0.2) is 0 Å². The Morgan fingerprint density at radius 1 is 1.13 bits per heavy atom. The zero-order valence-electron chi connectivity index (χ0n) is 17.5. The number of aryl methyl sites for hydroxylation is 1. The van der Waals surface area contributed by atoms with E-state index in [1.807, 2.05) is 6.92 Å². The van der Waals surface area contributed by atoms with Crippen LogP contribution in [0.4, 0.5) is 0 Å². The van der Waals surface area contributed by atoms with Crippen molar-refractivity contribution in [2.24, 2.45) is 5.92 Å². The highest BCUT2D eigenvalue weighted by Crippen LogP contribution is 2.37. The van der Waals surface area contributed by atoms with Crippen molar-refractivity contribution in [2.75, 3.05) is 20.1 Å². The lowest BCUT2D eigenvalue weighted by molar-refractivity contribution is 0.104. The van der Waals surface area contributed by atoms with Gasteiger partial charge in [0.1, 0.15) is 17.4 Å². The number of hydrogen-bond donors (Lipinski definition) is 0. The Kier molecular flexibility index (Phi) is 5.43. The molecule has 0 N–H and O–H groups in total. The Hall–Kier alpha value is -2.46. The predicted molar refractivity (Wildman–Crippen MR) is 119 cm³/mol. The van der Waals surface area contributed by atoms with E-state index >= 15 is 0 Å². The number of hydrogen-bond acceptors (Lipinski definition) is 5. The van der Waals surface area contributed by atoms with Gasteiger partial charge in [0.25, 0.3) is 0 Å². The van der Waals surface area contributed by atoms with Crippen molar-refractivity contribution in [3.05, 3.63) is 63.5 Å². The Labute approximate surface area is 181 Å². The molecule has 30 heavy (non-hydrogen) atoms. The van der Waals surface area contributed by atoms with E-state index in [-0.39, 0.29) is 0 Å². The van der Waals surface area contributed by atoms with Crippen molar-refractivity contribution < 1.29 is 4.74 Å². The molecule has 1 aromatic carbocycles. The van der Waals surface area contributed by atoms with E-state index in [0.29, 0.717) is 19.1 Å². The van der Waals surface area contributed by atoms with Gasteiger partial charge in [-0.1, -0.05) is 42.2 Å². The molecule has 2 aliphatic heterocycles. The fourth-order valence-electron chi connectivity index (χ4n) is 4.23. The van der Waals surface area contributed by atoms with Gasteiger partial charge in [0.15, 0.2) is 5.82 Å². The van der Waals surface area contributed by atoms with Crippen LogP contribution in [0.15, 0.2) is 30.3 Å². The van der Waals surface area contributed by atoms with Crippen molar-refractivity contribution >= 4 is 11.3 Å². The SMILES string of the molecule is Cc1nnc2n1-c1sc(C#CC3CCN(C)CC3)c(Cc3ccccc3)c1COC2. The van der Waals surface area contributed by atoms with Gasteiger partial charge in [0.05, 0.1) is 11.5 Å². The van der Waals surface area contributed by atoms with E-state index in [4.69, 9.17) is 4.74 Å². The Bertz CT molecular complexity index is 1100. The normalized spacial score (nSPS) is 17.0. The molecule has 4 heterocycles. The van der Waals surface area contributed by atoms with Crippen molar-refractivity contribution in [3.8, 4) is 16.8 Å². The van der Waals surface area contributed by atoms with Gasteiger partial charge in [-0.05, 0) is 57.5 Å². The first kappa shape index (κ1) is 19.5. The first-order valence-corrected chi connectivity index (χ1v) is 11.4. The van der Waals surface area contributed by atoms with Crippen LogP contribution in [0, 0.1) is 24.7 Å². The molecule has 2 aromatic heterocycles. The van der Waals surface area contributed by atoms with E-state index in [1.54, 1.807) is 11.3 Å². The van der Waals surface area contributed by atoms with Gasteiger partial charge in [-0.2, -0.15) is 0 Å². The van der Waals surface area contributed by atoms with E-state index in [0.717, 1.165) is 48.9 Å². The number of ether oxygens (including phenoxy) is 1. The summed E-state index contributed by atoms with van der Waals surface area (Å²) in [6.07, 6.45) is 3.17. The quantitative estimate of drug-likeness (QED) is 0.591. The van der Waals surface area contributed by atoms with Crippen LogP contribution in [0.1, 0.15) is 46.1 Å². The number of benzene rings is 1. The second-order valence-corrected chi connectivity index (χ2v) is 9.19. The lowest BCUT2D eigenvalue weighted by Crippen LogP contribution is -2.29. The number of piperidine rings is 1. The highest BCUT2D eigenvalue weighted by molar-refractivity contribution is 7.15. The maximum absolute atomic E-state index is 5.99. The third-order valence-electron chi connectivity index (χ3n) is 6.00. The molecular formula is C24H26N4OS. The smallest absolute Gasteiger partial charge is 0.164 e. The minimum absolute atomic E-state index is 0.483. The van der Waals surface area contributed by atoms with E-state index < -0.39 is 0 Å². The minimum Gasteiger partial charge on any atom is -0.369 e. The zero-order chi connectivity index (χ0) is 20.5. The molecule has 0 atom stereocenters. The van der Waals surface area contributed by atoms with Crippen molar-refractivity contribution in [2.45, 2.75) is 39.4 Å². The molecule has 0 spiro atoms. The van der Waals surface area contributed by atoms with Crippen LogP contribution in [0.5, 0.6) is 0 Å². The summed E-state index contributed by atoms with van der Waals surface area (Å²) in [7, 11) is 2.19. The molecule has 5 rings (SSSR count). The lowest BCUT2D eigenvalue weighted by Gasteiger charge is -2.25. The van der Waals surface area contributed by atoms with Crippen LogP contribution in [0.2, 0.25) is 0 Å². The molecule has 0 saturated carbocycles. The summed E-state index contributed by atoms with van der Waals surface area (Å²) >= 11 is 1.76. The molecule has 2 aliphatic rings. The topological polar surface area (TPSA) is 43.2 Å². The molecule has 0 radical (unpaired) electrons. The summed E-state index contributed by atoms with van der Waals surface area (Å²) in [6, 6.07) is 10.6. The highest BCUT2D eigenvalue weighted by Gasteiger charge is 2.25. The van der Waals surface area contributed by atoms with Gasteiger partial charge in [-0.3, -0.25) is 4.57 Å². The predicted octanol–water partition coefficient (Wildman–Crippen LogP) is 3.95. The van der Waals surface area contributed by atoms with Crippen molar-refractivity contribution in [3.63, 3.8) is 0 Å². The maximum atomic E-state index is 5.99. The van der Waals surface area contributed by atoms with Gasteiger partial charge >= 0.3 is 0 Å². The highest BCUT2D eigenvalue weighted by atomic mass is 32.1. The summed E-state index contributed by atoms with van der Waals surface area (Å²) in [4.78, 5) is 3.55. The molecule has 3 aromatic rings. The molecule has 154 valence electrons. The minimum atomic E-state index is 0.483. The Morgan fingerprint density at radius 3 is 2.73 bits per heavy atom. The van der Waals surface area contributed by atoms with Crippen LogP contribution in [0.25, 0.3) is 5.00 Å². The molecule has 1 fully saturated rings. The summed E-state index contributed by atoms with van der Waals surface area (Å²) in [5, 5.41) is 9.78. The molecule has 0 unspecified atom stereocenters. The van der Waals surface area contributed by atoms with Crippen LogP contribution in [0.3, 0.4) is 0 Å². The largest absolute Gasteiger partial charge is 0.369 e. The first-order valence-electron chi connectivity index (χ1n) is 10.6. The third-order valence-corrected chi connectivity index (χ3v) is 7.17. The molecule has 6 heteroatoms. The van der Waals surface area contributed by atoms with Crippen molar-refractivity contribution in [1.29, 1.82) is 0 Å². The van der Waals surface area contributed by atoms with E-state index in [1.165, 1.54) is 21.7 Å². The number of rotatable bonds is 2. The summed E-state index contributed by atoms with van der Waals surface area (Å²) in [6.45, 7) is 5.35. The van der Waals surface area contributed by atoms with Gasteiger partial charge in [0.2, 0.25) is 0 Å². The summed E-state index contributed by atoms with van der Waals surface area (Å²) < 4.78 is 8.14. The lowest BCUT2D eigenvalue weighted by atomic mass is 9.97. The molecule has 0 aliphatic carbocycles. The summed E-state index contributed by atoms with van der Waals surface area (Å²) in [5.41, 5.74) is 3.83. The monoisotopic (exact) mass is 418 g/mol. The number of thiophene rings is 1. The molecule has 5 nitrogen and oxygen atoms in total. The number of nitrogens with zero attached hydrogens (tertiary/aromatic N) is 4.